The quantitative estimate of drug-likeness (QED) is 0.375. The summed E-state index contributed by atoms with van der Waals surface area (Å²) in [6, 6.07) is 10.8. The number of hydrogen-bond donors (Lipinski definition) is 1. The van der Waals surface area contributed by atoms with Crippen molar-refractivity contribution in [1.82, 2.24) is 4.98 Å². The van der Waals surface area contributed by atoms with E-state index in [1.165, 1.54) is 28.7 Å². The van der Waals surface area contributed by atoms with Crippen molar-refractivity contribution >= 4 is 67.6 Å². The Bertz CT molecular complexity index is 1290. The molecule has 0 aliphatic carbocycles. The van der Waals surface area contributed by atoms with Gasteiger partial charge in [0.1, 0.15) is 15.8 Å². The highest BCUT2D eigenvalue weighted by Crippen LogP contribution is 2.44. The molecule has 4 nitrogen and oxygen atoms in total. The van der Waals surface area contributed by atoms with Gasteiger partial charge in [0.15, 0.2) is 0 Å². The Morgan fingerprint density at radius 1 is 1.29 bits per heavy atom. The first-order valence-corrected chi connectivity index (χ1v) is 10.5. The lowest BCUT2D eigenvalue weighted by molar-refractivity contribution is 0.104. The van der Waals surface area contributed by atoms with Gasteiger partial charge in [-0.3, -0.25) is 4.79 Å². The van der Waals surface area contributed by atoms with Crippen LogP contribution < -0.4 is 5.73 Å². The molecule has 0 unspecified atom stereocenters. The molecule has 138 valence electrons. The van der Waals surface area contributed by atoms with E-state index >= 15 is 0 Å². The van der Waals surface area contributed by atoms with Gasteiger partial charge in [0.05, 0.1) is 22.0 Å². The normalized spacial score (nSPS) is 10.9. The molecule has 0 bridgehead atoms. The van der Waals surface area contributed by atoms with Crippen LogP contribution >= 0.6 is 45.9 Å². The first-order chi connectivity index (χ1) is 13.4. The molecule has 0 saturated carbocycles. The number of fused-ring (bicyclic) bond motifs is 1. The highest BCUT2D eigenvalue weighted by molar-refractivity contribution is 7.21. The van der Waals surface area contributed by atoms with E-state index < -0.39 is 0 Å². The van der Waals surface area contributed by atoms with Crippen molar-refractivity contribution in [2.45, 2.75) is 6.92 Å². The van der Waals surface area contributed by atoms with E-state index in [-0.39, 0.29) is 11.3 Å². The van der Waals surface area contributed by atoms with Crippen molar-refractivity contribution in [3.63, 3.8) is 0 Å². The molecular formula is C20H11Cl2N3OS2. The second kappa shape index (κ2) is 7.19. The molecule has 2 N–H and O–H groups in total. The largest absolute Gasteiger partial charge is 0.397 e. The third-order valence-corrected chi connectivity index (χ3v) is 6.87. The first-order valence-electron chi connectivity index (χ1n) is 8.08. The summed E-state index contributed by atoms with van der Waals surface area (Å²) in [6.45, 7) is 1.78. The lowest BCUT2D eigenvalue weighted by Gasteiger charge is -2.08. The number of halogens is 2. The van der Waals surface area contributed by atoms with Crippen molar-refractivity contribution in [3.8, 4) is 16.5 Å². The summed E-state index contributed by atoms with van der Waals surface area (Å²) >= 11 is 14.9. The number of pyridine rings is 1. The lowest BCUT2D eigenvalue weighted by Crippen LogP contribution is -2.03. The van der Waals surface area contributed by atoms with Crippen LogP contribution in [0.3, 0.4) is 0 Å². The SMILES string of the molecule is Cc1nc2sc(C(=O)c3cc(Cl)ccc3Cl)c(N)c2c(-c2cccs2)c1C#N. The summed E-state index contributed by atoms with van der Waals surface area (Å²) in [5.41, 5.74) is 8.76. The van der Waals surface area contributed by atoms with Gasteiger partial charge >= 0.3 is 0 Å². The summed E-state index contributed by atoms with van der Waals surface area (Å²) < 4.78 is 0. The zero-order chi connectivity index (χ0) is 20.0. The van der Waals surface area contributed by atoms with Crippen LogP contribution in [0.4, 0.5) is 5.69 Å². The summed E-state index contributed by atoms with van der Waals surface area (Å²) in [6.07, 6.45) is 0. The Labute approximate surface area is 178 Å². The number of ketones is 1. The predicted molar refractivity (Wildman–Crippen MR) is 117 cm³/mol. The van der Waals surface area contributed by atoms with E-state index in [0.717, 1.165) is 4.88 Å². The Hall–Kier alpha value is -2.43. The molecule has 8 heteroatoms. The highest BCUT2D eigenvalue weighted by atomic mass is 35.5. The Morgan fingerprint density at radius 2 is 2.07 bits per heavy atom. The molecule has 0 atom stereocenters. The molecule has 1 aromatic carbocycles. The number of benzene rings is 1. The number of carbonyl (C=O) groups is 1. The molecule has 4 rings (SSSR count). The first kappa shape index (κ1) is 18.9. The van der Waals surface area contributed by atoms with Crippen LogP contribution in [0, 0.1) is 18.3 Å². The molecule has 0 fully saturated rings. The molecule has 3 heterocycles. The molecule has 0 amide bonds. The van der Waals surface area contributed by atoms with Gasteiger partial charge in [-0.05, 0) is 36.6 Å². The van der Waals surface area contributed by atoms with Crippen LogP contribution in [0.5, 0.6) is 0 Å². The summed E-state index contributed by atoms with van der Waals surface area (Å²) in [4.78, 5) is 19.5. The molecule has 0 spiro atoms. The minimum absolute atomic E-state index is 0.280. The van der Waals surface area contributed by atoms with Gasteiger partial charge in [0.2, 0.25) is 5.78 Å². The fourth-order valence-electron chi connectivity index (χ4n) is 3.03. The average molecular weight is 444 g/mol. The number of aromatic nitrogens is 1. The molecular weight excluding hydrogens is 433 g/mol. The van der Waals surface area contributed by atoms with Gasteiger partial charge < -0.3 is 5.73 Å². The number of aryl methyl sites for hydroxylation is 1. The van der Waals surface area contributed by atoms with E-state index in [1.54, 1.807) is 19.1 Å². The van der Waals surface area contributed by atoms with Gasteiger partial charge in [-0.25, -0.2) is 4.98 Å². The third-order valence-electron chi connectivity index (χ3n) is 4.32. The smallest absolute Gasteiger partial charge is 0.206 e. The standard InChI is InChI=1S/C20H11Cl2N3OS2/c1-9-12(8-23)15(14-3-2-6-27-14)16-17(24)19(28-20(16)25-9)18(26)11-7-10(21)4-5-13(11)22/h2-7H,24H2,1H3. The monoisotopic (exact) mass is 443 g/mol. The number of nitriles is 1. The van der Waals surface area contributed by atoms with Crippen LogP contribution in [0.2, 0.25) is 10.0 Å². The van der Waals surface area contributed by atoms with Gasteiger partial charge in [0.25, 0.3) is 0 Å². The minimum atomic E-state index is -0.318. The van der Waals surface area contributed by atoms with E-state index in [0.29, 0.717) is 47.6 Å². The van der Waals surface area contributed by atoms with Crippen LogP contribution in [-0.2, 0) is 0 Å². The summed E-state index contributed by atoms with van der Waals surface area (Å²) in [7, 11) is 0. The number of hydrogen-bond acceptors (Lipinski definition) is 6. The number of thiophene rings is 2. The van der Waals surface area contributed by atoms with Gasteiger partial charge in [-0.15, -0.1) is 22.7 Å². The fourth-order valence-corrected chi connectivity index (χ4v) is 5.30. The molecule has 3 aromatic heterocycles. The second-order valence-corrected chi connectivity index (χ2v) is 8.81. The average Bonchev–Trinajstić information content (AvgIpc) is 3.30. The van der Waals surface area contributed by atoms with E-state index in [2.05, 4.69) is 11.1 Å². The Morgan fingerprint density at radius 3 is 2.75 bits per heavy atom. The fraction of sp³-hybridized carbons (Fsp3) is 0.0500. The maximum Gasteiger partial charge on any atom is 0.206 e. The van der Waals surface area contributed by atoms with Crippen molar-refractivity contribution < 1.29 is 4.79 Å². The van der Waals surface area contributed by atoms with Crippen LogP contribution in [0.1, 0.15) is 26.5 Å². The molecule has 28 heavy (non-hydrogen) atoms. The molecule has 0 aliphatic rings. The molecule has 0 aliphatic heterocycles. The number of nitrogen functional groups attached to an aromatic ring is 1. The number of nitrogens with two attached hydrogens (primary N) is 1. The maximum absolute atomic E-state index is 13.1. The van der Waals surface area contributed by atoms with Crippen LogP contribution in [0.15, 0.2) is 35.7 Å². The van der Waals surface area contributed by atoms with Crippen molar-refractivity contribution in [2.24, 2.45) is 0 Å². The van der Waals surface area contributed by atoms with Gasteiger partial charge in [0, 0.05) is 26.4 Å². The number of rotatable bonds is 3. The van der Waals surface area contributed by atoms with Crippen molar-refractivity contribution in [2.75, 3.05) is 5.73 Å². The van der Waals surface area contributed by atoms with E-state index in [4.69, 9.17) is 28.9 Å². The molecule has 0 radical (unpaired) electrons. The number of nitrogens with zero attached hydrogens (tertiary/aromatic N) is 2. The lowest BCUT2D eigenvalue weighted by atomic mass is 10.0. The van der Waals surface area contributed by atoms with E-state index in [9.17, 15) is 10.1 Å². The van der Waals surface area contributed by atoms with Crippen LogP contribution in [0.25, 0.3) is 20.7 Å². The summed E-state index contributed by atoms with van der Waals surface area (Å²) in [5.74, 6) is -0.318. The predicted octanol–water partition coefficient (Wildman–Crippen LogP) is 6.32. The van der Waals surface area contributed by atoms with Gasteiger partial charge in [-0.1, -0.05) is 29.3 Å². The zero-order valence-electron chi connectivity index (χ0n) is 14.4. The Balaban J connectivity index is 2.03. The third kappa shape index (κ3) is 2.97. The topological polar surface area (TPSA) is 79.8 Å². The molecule has 4 aromatic rings. The summed E-state index contributed by atoms with van der Waals surface area (Å²) in [5, 5.41) is 12.9. The van der Waals surface area contributed by atoms with Crippen LogP contribution in [-0.4, -0.2) is 10.8 Å². The van der Waals surface area contributed by atoms with E-state index in [1.807, 2.05) is 17.5 Å². The van der Waals surface area contributed by atoms with Crippen molar-refractivity contribution in [3.05, 3.63) is 67.5 Å². The van der Waals surface area contributed by atoms with Gasteiger partial charge in [-0.2, -0.15) is 5.26 Å². The Kier molecular flexibility index (Phi) is 4.86. The number of carbonyl (C=O) groups excluding carboxylic acids is 1. The second-order valence-electron chi connectivity index (χ2n) is 6.01. The zero-order valence-corrected chi connectivity index (χ0v) is 17.6. The minimum Gasteiger partial charge on any atom is -0.397 e. The maximum atomic E-state index is 13.1. The highest BCUT2D eigenvalue weighted by Gasteiger charge is 2.25. The number of anilines is 1. The molecule has 0 saturated heterocycles. The van der Waals surface area contributed by atoms with Crippen molar-refractivity contribution in [1.29, 1.82) is 5.26 Å².